The van der Waals surface area contributed by atoms with Crippen molar-refractivity contribution in [2.24, 2.45) is 5.92 Å². The van der Waals surface area contributed by atoms with Crippen LogP contribution in [-0.4, -0.2) is 146 Å². The number of Topliss-reactive ketones (excluding diaryl/α,β-unsaturated/α-hetero) is 2. The van der Waals surface area contributed by atoms with E-state index in [1.54, 1.807) is 25.0 Å². The number of benzene rings is 2. The van der Waals surface area contributed by atoms with Gasteiger partial charge in [-0.1, -0.05) is 86.9 Å². The number of likely N-dealkylation sites (tertiary alicyclic amines) is 2. The molecule has 0 saturated carbocycles. The minimum absolute atomic E-state index is 0. The molecule has 4 aliphatic heterocycles. The molecule has 4 fully saturated rings. The Bertz CT molecular complexity index is 3790. The highest BCUT2D eigenvalue weighted by Crippen LogP contribution is 2.32. The summed E-state index contributed by atoms with van der Waals surface area (Å²) in [6.07, 6.45) is 11.7. The van der Waals surface area contributed by atoms with Gasteiger partial charge in [0.05, 0.1) is 42.9 Å². The number of aromatic nitrogens is 8. The summed E-state index contributed by atoms with van der Waals surface area (Å²) >= 11 is 0. The molecule has 4 aliphatic rings. The average molecular weight is 1150 g/mol. The van der Waals surface area contributed by atoms with E-state index in [1.807, 2.05) is 86.6 Å². The van der Waals surface area contributed by atoms with Gasteiger partial charge in [0.2, 0.25) is 0 Å². The largest absolute Gasteiger partial charge is 0.378 e. The van der Waals surface area contributed by atoms with Crippen LogP contribution in [0.1, 0.15) is 90.2 Å². The maximum Gasteiger partial charge on any atom is 0.185 e. The second-order valence-electron chi connectivity index (χ2n) is 22.3. The summed E-state index contributed by atoms with van der Waals surface area (Å²) in [6.45, 7) is 23.4. The molecular weight excluding hydrogens is 1070 g/mol. The van der Waals surface area contributed by atoms with Gasteiger partial charge >= 0.3 is 0 Å². The summed E-state index contributed by atoms with van der Waals surface area (Å²) in [5.41, 5.74) is 12.6. The lowest BCUT2D eigenvalue weighted by molar-refractivity contribution is 0.0980. The van der Waals surface area contributed by atoms with Crippen molar-refractivity contribution in [3.8, 4) is 46.2 Å². The zero-order valence-corrected chi connectivity index (χ0v) is 48.7. The standard InChI is InChI=1S/C35H38N6O2.C33H35N7O2.CH4/c1-3-4-25(2)19-27-10-13-40(14-11-27)23-28-9-12-36-32(20-28)33(42)21-26-5-7-29(8-6-26)31-22-30-34(39-31)37-24-38-35(30)41-15-17-43-18-16-41;1-3-4-23(2)37-27-10-12-39(21-27)20-25-9-11-34-30(17-25)31(41)18-24-5-7-26(8-6-24)29-19-28-32(38-29)35-22-36-33(28)40-13-15-42-16-14-40;/h5-9,12,20,22,24,27H,2,10-11,13-19,21,23H2,1H3,(H,37,38,39);5-9,11,17,19,22,27,37H,2,10,12-16,18,20-21H2,1H3,(H,35,36,38);1H4. The summed E-state index contributed by atoms with van der Waals surface area (Å²) in [5.74, 6) is 14.5. The summed E-state index contributed by atoms with van der Waals surface area (Å²) < 4.78 is 11.0. The van der Waals surface area contributed by atoms with E-state index in [0.717, 1.165) is 181 Å². The van der Waals surface area contributed by atoms with Crippen molar-refractivity contribution >= 4 is 45.3 Å². The van der Waals surface area contributed by atoms with Crippen LogP contribution in [0.2, 0.25) is 0 Å². The molecule has 0 amide bonds. The number of anilines is 2. The first-order chi connectivity index (χ1) is 41.6. The minimum atomic E-state index is 0. The number of hydrogen-bond donors (Lipinski definition) is 3. The predicted molar refractivity (Wildman–Crippen MR) is 341 cm³/mol. The van der Waals surface area contributed by atoms with Crippen LogP contribution in [0, 0.1) is 29.6 Å². The first-order valence-corrected chi connectivity index (χ1v) is 29.5. The molecular formula is C69H77N13O4. The lowest BCUT2D eigenvalue weighted by atomic mass is 9.90. The van der Waals surface area contributed by atoms with Crippen molar-refractivity contribution < 1.29 is 19.1 Å². The maximum absolute atomic E-state index is 13.2. The second kappa shape index (κ2) is 28.8. The molecule has 0 aliphatic carbocycles. The molecule has 3 N–H and O–H groups in total. The van der Waals surface area contributed by atoms with Gasteiger partial charge in [0.15, 0.2) is 11.6 Å². The number of ether oxygens (including phenoxy) is 2. The van der Waals surface area contributed by atoms with Crippen molar-refractivity contribution in [3.63, 3.8) is 0 Å². The van der Waals surface area contributed by atoms with Crippen LogP contribution in [0.3, 0.4) is 0 Å². The lowest BCUT2D eigenvalue weighted by Crippen LogP contribution is -2.36. The fourth-order valence-corrected chi connectivity index (χ4v) is 11.8. The zero-order chi connectivity index (χ0) is 58.5. The highest BCUT2D eigenvalue weighted by atomic mass is 16.5. The van der Waals surface area contributed by atoms with Gasteiger partial charge < -0.3 is 34.6 Å². The number of rotatable bonds is 18. The highest BCUT2D eigenvalue weighted by Gasteiger charge is 2.25. The first kappa shape index (κ1) is 60.3. The number of carbonyl (C=O) groups is 2. The Morgan fingerprint density at radius 3 is 1.55 bits per heavy atom. The molecule has 0 bridgehead atoms. The van der Waals surface area contributed by atoms with Crippen molar-refractivity contribution in [2.75, 3.05) is 88.6 Å². The summed E-state index contributed by atoms with van der Waals surface area (Å²) in [7, 11) is 0. The predicted octanol–water partition coefficient (Wildman–Crippen LogP) is 10.1. The molecule has 10 heterocycles. The molecule has 0 spiro atoms. The Labute approximate surface area is 504 Å². The number of fused-ring (bicyclic) bond motifs is 2. The first-order valence-electron chi connectivity index (χ1n) is 29.5. The van der Waals surface area contributed by atoms with Crippen LogP contribution >= 0.6 is 0 Å². The molecule has 17 nitrogen and oxygen atoms in total. The quantitative estimate of drug-likeness (QED) is 0.0544. The monoisotopic (exact) mass is 1150 g/mol. The van der Waals surface area contributed by atoms with Gasteiger partial charge in [-0.15, -0.1) is 5.92 Å². The van der Waals surface area contributed by atoms with Gasteiger partial charge in [0, 0.05) is 95.0 Å². The molecule has 1 atom stereocenters. The number of allylic oxidation sites excluding steroid dienone is 2. The Balaban J connectivity index is 0.000000189. The fraction of sp³-hybridized carbons (Fsp3) is 0.362. The van der Waals surface area contributed by atoms with Crippen LogP contribution in [0.4, 0.5) is 11.6 Å². The smallest absolute Gasteiger partial charge is 0.185 e. The molecule has 6 aromatic heterocycles. The molecule has 17 heteroatoms. The van der Waals surface area contributed by atoms with Gasteiger partial charge in [-0.05, 0) is 134 Å². The number of ketones is 2. The Morgan fingerprint density at radius 2 is 1.06 bits per heavy atom. The average Bonchev–Trinajstić information content (AvgIpc) is 4.42. The normalized spacial score (nSPS) is 16.5. The Kier molecular flexibility index (Phi) is 20.2. The van der Waals surface area contributed by atoms with E-state index >= 15 is 0 Å². The molecule has 0 radical (unpaired) electrons. The van der Waals surface area contributed by atoms with E-state index in [-0.39, 0.29) is 19.0 Å². The van der Waals surface area contributed by atoms with E-state index in [1.165, 1.54) is 0 Å². The minimum Gasteiger partial charge on any atom is -0.378 e. The molecule has 442 valence electrons. The summed E-state index contributed by atoms with van der Waals surface area (Å²) in [5, 5.41) is 5.40. The molecule has 86 heavy (non-hydrogen) atoms. The number of H-pyrrole nitrogens is 2. The second-order valence-corrected chi connectivity index (χ2v) is 22.3. The number of carbonyl (C=O) groups excluding carboxylic acids is 2. The van der Waals surface area contributed by atoms with Crippen molar-refractivity contribution in [3.05, 3.63) is 168 Å². The highest BCUT2D eigenvalue weighted by molar-refractivity contribution is 5.97. The van der Waals surface area contributed by atoms with E-state index in [4.69, 9.17) is 9.47 Å². The number of aromatic amines is 2. The SMILES string of the molecule is C.C=C(C#CC)CC1CCN(Cc2ccnc(C(=O)Cc3ccc(-c4cc5c(N6CCOCC6)ncnc5[nH]4)cc3)c2)CC1.C=C(C#CC)NC1CCN(Cc2ccnc(C(=O)Cc3ccc(-c4cc5c(N6CCOCC6)ncnc5[nH]4)cc3)c2)C1. The molecule has 4 saturated heterocycles. The van der Waals surface area contributed by atoms with Crippen LogP contribution in [-0.2, 0) is 35.4 Å². The Hall–Kier alpha value is -8.84. The van der Waals surface area contributed by atoms with Gasteiger partial charge in [0.1, 0.15) is 47.0 Å². The summed E-state index contributed by atoms with van der Waals surface area (Å²) in [6, 6.07) is 28.7. The van der Waals surface area contributed by atoms with Crippen molar-refractivity contribution in [1.82, 2.24) is 55.0 Å². The van der Waals surface area contributed by atoms with Crippen molar-refractivity contribution in [2.45, 2.75) is 78.9 Å². The molecule has 8 aromatic rings. The van der Waals surface area contributed by atoms with E-state index in [2.05, 4.69) is 114 Å². The van der Waals surface area contributed by atoms with Crippen LogP contribution in [0.15, 0.2) is 134 Å². The summed E-state index contributed by atoms with van der Waals surface area (Å²) in [4.78, 5) is 69.3. The van der Waals surface area contributed by atoms with Gasteiger partial charge in [-0.25, -0.2) is 19.9 Å². The van der Waals surface area contributed by atoms with Gasteiger partial charge in [-0.2, -0.15) is 0 Å². The fourth-order valence-electron chi connectivity index (χ4n) is 11.8. The van der Waals surface area contributed by atoms with Crippen LogP contribution in [0.5, 0.6) is 0 Å². The maximum atomic E-state index is 13.2. The van der Waals surface area contributed by atoms with Crippen LogP contribution < -0.4 is 15.1 Å². The van der Waals surface area contributed by atoms with Gasteiger partial charge in [0.25, 0.3) is 0 Å². The topological polar surface area (TPSA) is 187 Å². The third-order valence-corrected chi connectivity index (χ3v) is 16.2. The van der Waals surface area contributed by atoms with E-state index in [9.17, 15) is 9.59 Å². The number of piperidine rings is 1. The number of nitrogens with one attached hydrogen (secondary N) is 3. The number of hydrogen-bond acceptors (Lipinski definition) is 15. The Morgan fingerprint density at radius 1 is 0.581 bits per heavy atom. The third kappa shape index (κ3) is 15.3. The molecule has 12 rings (SSSR count). The van der Waals surface area contributed by atoms with Gasteiger partial charge in [-0.3, -0.25) is 29.4 Å². The van der Waals surface area contributed by atoms with Crippen LogP contribution in [0.25, 0.3) is 44.6 Å². The zero-order valence-electron chi connectivity index (χ0n) is 48.7. The molecule has 2 aromatic carbocycles. The van der Waals surface area contributed by atoms with Crippen molar-refractivity contribution in [1.29, 1.82) is 0 Å². The van der Waals surface area contributed by atoms with E-state index < -0.39 is 0 Å². The number of pyridine rings is 2. The molecule has 1 unspecified atom stereocenters. The lowest BCUT2D eigenvalue weighted by Gasteiger charge is -2.32. The number of morpholine rings is 2. The van der Waals surface area contributed by atoms with E-state index in [0.29, 0.717) is 62.6 Å². The number of nitrogens with zero attached hydrogens (tertiary/aromatic N) is 10. The third-order valence-electron chi connectivity index (χ3n) is 16.2.